The van der Waals surface area contributed by atoms with Gasteiger partial charge in [0.1, 0.15) is 5.76 Å². The lowest BCUT2D eigenvalue weighted by molar-refractivity contribution is 0.291. The molecule has 176 valence electrons. The zero-order valence-corrected chi connectivity index (χ0v) is 21.1. The van der Waals surface area contributed by atoms with Gasteiger partial charge in [0.25, 0.3) is 21.2 Å². The lowest BCUT2D eigenvalue weighted by Gasteiger charge is -2.30. The number of furan rings is 1. The van der Waals surface area contributed by atoms with E-state index in [0.29, 0.717) is 5.76 Å². The van der Waals surface area contributed by atoms with Crippen LogP contribution in [0.5, 0.6) is 5.75 Å². The zero-order chi connectivity index (χ0) is 23.8. The topological polar surface area (TPSA) is 137 Å². The molecule has 0 radical (unpaired) electrons. The van der Waals surface area contributed by atoms with Crippen molar-refractivity contribution in [3.8, 4) is 5.75 Å². The maximum atomic E-state index is 12.9. The van der Waals surface area contributed by atoms with Crippen LogP contribution in [0.2, 0.25) is 0 Å². The SMILES string of the molecule is CC(C)[C@@H](NC1=NS(=O)N=C1Nc1csc(S(=O)(=O)N(C)C(C)(C)C)c1O)c1ccco1. The fourth-order valence-electron chi connectivity index (χ4n) is 2.84. The first kappa shape index (κ1) is 24.4. The monoisotopic (exact) mass is 501 g/mol. The molecule has 2 aromatic rings. The van der Waals surface area contributed by atoms with Gasteiger partial charge in [-0.05, 0) is 38.8 Å². The van der Waals surface area contributed by atoms with Crippen LogP contribution in [0.25, 0.3) is 0 Å². The maximum Gasteiger partial charge on any atom is 0.269 e. The minimum atomic E-state index is -3.92. The quantitative estimate of drug-likeness (QED) is 0.552. The molecule has 0 aromatic carbocycles. The number of rotatable bonds is 6. The summed E-state index contributed by atoms with van der Waals surface area (Å²) in [6.07, 6.45) is 1.56. The molecular formula is C19H27N5O5S3. The van der Waals surface area contributed by atoms with Crippen LogP contribution in [0.15, 0.2) is 41.2 Å². The molecule has 0 bridgehead atoms. The molecule has 0 spiro atoms. The van der Waals surface area contributed by atoms with Gasteiger partial charge in [0.2, 0.25) is 0 Å². The Kier molecular flexibility index (Phi) is 6.84. The average molecular weight is 502 g/mol. The number of nitrogens with zero attached hydrogens (tertiary/aromatic N) is 3. The highest BCUT2D eigenvalue weighted by molar-refractivity contribution is 7.91. The number of amidine groups is 2. The standard InChI is InChI=1S/C19H27N5O5S3/c1-11(2)14(13-8-7-9-29-13)21-17-16(22-31(26)23-17)20-12-10-30-18(15(12)25)32(27,28)24(6)19(3,4)5/h7-11,14,25H,1-6H3,(H,20,22)(H,21,23)/t14-,31?/m1/s1. The van der Waals surface area contributed by atoms with Crippen molar-refractivity contribution < 1.29 is 22.2 Å². The molecule has 0 saturated carbocycles. The minimum absolute atomic E-state index is 0.110. The van der Waals surface area contributed by atoms with Crippen LogP contribution in [-0.2, 0) is 21.2 Å². The van der Waals surface area contributed by atoms with E-state index in [1.165, 1.54) is 16.7 Å². The van der Waals surface area contributed by atoms with Gasteiger partial charge in [-0.2, -0.15) is 4.31 Å². The van der Waals surface area contributed by atoms with E-state index < -0.39 is 32.5 Å². The summed E-state index contributed by atoms with van der Waals surface area (Å²) in [4.78, 5) is 0. The molecule has 0 aliphatic carbocycles. The van der Waals surface area contributed by atoms with Crippen LogP contribution in [0, 0.1) is 5.92 Å². The van der Waals surface area contributed by atoms with Crippen molar-refractivity contribution in [3.05, 3.63) is 29.5 Å². The first-order valence-electron chi connectivity index (χ1n) is 9.78. The highest BCUT2D eigenvalue weighted by Gasteiger charge is 2.35. The molecule has 2 aromatic heterocycles. The lowest BCUT2D eigenvalue weighted by Crippen LogP contribution is -2.42. The fourth-order valence-corrected chi connectivity index (χ4v) is 6.37. The largest absolute Gasteiger partial charge is 0.504 e. The number of nitrogens with one attached hydrogen (secondary N) is 2. The van der Waals surface area contributed by atoms with Gasteiger partial charge in [0, 0.05) is 18.0 Å². The van der Waals surface area contributed by atoms with Gasteiger partial charge in [0.15, 0.2) is 21.6 Å². The second-order valence-corrected chi connectivity index (χ2v) is 12.4. The van der Waals surface area contributed by atoms with E-state index in [-0.39, 0.29) is 33.5 Å². The molecular weight excluding hydrogens is 474 g/mol. The summed E-state index contributed by atoms with van der Waals surface area (Å²) < 4.78 is 52.4. The summed E-state index contributed by atoms with van der Waals surface area (Å²) in [5.74, 6) is 0.703. The lowest BCUT2D eigenvalue weighted by atomic mass is 10.0. The Hall–Kier alpha value is -2.22. The van der Waals surface area contributed by atoms with E-state index in [9.17, 15) is 17.7 Å². The van der Waals surface area contributed by atoms with E-state index in [1.807, 2.05) is 19.9 Å². The third-order valence-corrected chi connectivity index (χ3v) is 9.19. The van der Waals surface area contributed by atoms with E-state index in [4.69, 9.17) is 4.42 Å². The molecule has 1 unspecified atom stereocenters. The van der Waals surface area contributed by atoms with Gasteiger partial charge in [-0.3, -0.25) is 0 Å². The Morgan fingerprint density at radius 1 is 1.25 bits per heavy atom. The van der Waals surface area contributed by atoms with Crippen LogP contribution in [0.4, 0.5) is 5.69 Å². The van der Waals surface area contributed by atoms with Crippen LogP contribution in [0.3, 0.4) is 0 Å². The van der Waals surface area contributed by atoms with Crippen molar-refractivity contribution in [3.63, 3.8) is 0 Å². The number of anilines is 1. The molecule has 13 heteroatoms. The van der Waals surface area contributed by atoms with Crippen LogP contribution < -0.4 is 10.6 Å². The molecule has 3 heterocycles. The number of hydrogen-bond donors (Lipinski definition) is 3. The maximum absolute atomic E-state index is 12.9. The van der Waals surface area contributed by atoms with Gasteiger partial charge in [0.05, 0.1) is 18.0 Å². The number of hydrogen-bond acceptors (Lipinski definition) is 8. The first-order chi connectivity index (χ1) is 14.8. The van der Waals surface area contributed by atoms with Gasteiger partial charge >= 0.3 is 0 Å². The van der Waals surface area contributed by atoms with Gasteiger partial charge in [-0.1, -0.05) is 13.8 Å². The Bertz CT molecular complexity index is 1160. The summed E-state index contributed by atoms with van der Waals surface area (Å²) in [5, 5.41) is 18.2. The summed E-state index contributed by atoms with van der Waals surface area (Å²) in [7, 11) is -2.46. The Labute approximate surface area is 194 Å². The first-order valence-corrected chi connectivity index (χ1v) is 13.2. The van der Waals surface area contributed by atoms with Crippen molar-refractivity contribution >= 4 is 49.9 Å². The number of aromatic hydroxyl groups is 1. The molecule has 0 fully saturated rings. The summed E-state index contributed by atoms with van der Waals surface area (Å²) >= 11 is -0.972. The molecule has 3 rings (SSSR count). The van der Waals surface area contributed by atoms with E-state index in [0.717, 1.165) is 11.3 Å². The van der Waals surface area contributed by atoms with E-state index in [2.05, 4.69) is 19.4 Å². The molecule has 0 amide bonds. The predicted octanol–water partition coefficient (Wildman–Crippen LogP) is 3.25. The summed E-state index contributed by atoms with van der Waals surface area (Å²) in [6.45, 7) is 9.26. The Balaban J connectivity index is 1.85. The molecule has 0 saturated heterocycles. The molecule has 1 aliphatic heterocycles. The van der Waals surface area contributed by atoms with Crippen LogP contribution in [-0.4, -0.2) is 46.3 Å². The summed E-state index contributed by atoms with van der Waals surface area (Å²) in [5.41, 5.74) is -0.543. The minimum Gasteiger partial charge on any atom is -0.504 e. The zero-order valence-electron chi connectivity index (χ0n) is 18.6. The van der Waals surface area contributed by atoms with Crippen molar-refractivity contribution in [1.29, 1.82) is 0 Å². The normalized spacial score (nSPS) is 18.1. The molecule has 32 heavy (non-hydrogen) atoms. The number of sulfonamides is 1. The van der Waals surface area contributed by atoms with Gasteiger partial charge in [-0.15, -0.1) is 20.1 Å². The third-order valence-electron chi connectivity index (χ3n) is 4.90. The predicted molar refractivity (Wildman–Crippen MR) is 127 cm³/mol. The Morgan fingerprint density at radius 3 is 2.47 bits per heavy atom. The fraction of sp³-hybridized carbons (Fsp3) is 0.474. The van der Waals surface area contributed by atoms with E-state index in [1.54, 1.807) is 33.1 Å². The average Bonchev–Trinajstić information content (AvgIpc) is 3.40. The molecule has 2 atom stereocenters. The molecule has 3 N–H and O–H groups in total. The van der Waals surface area contributed by atoms with Gasteiger partial charge in [-0.25, -0.2) is 12.6 Å². The second-order valence-electron chi connectivity index (χ2n) is 8.55. The highest BCUT2D eigenvalue weighted by atomic mass is 32.2. The third kappa shape index (κ3) is 4.90. The van der Waals surface area contributed by atoms with Gasteiger partial charge < -0.3 is 20.2 Å². The second kappa shape index (κ2) is 8.96. The molecule has 10 nitrogen and oxygen atoms in total. The van der Waals surface area contributed by atoms with Crippen molar-refractivity contribution in [1.82, 2.24) is 9.62 Å². The smallest absolute Gasteiger partial charge is 0.269 e. The number of thiophene rings is 1. The Morgan fingerprint density at radius 2 is 1.91 bits per heavy atom. The van der Waals surface area contributed by atoms with Crippen molar-refractivity contribution in [2.45, 2.75) is 50.4 Å². The molecule has 1 aliphatic rings. The van der Waals surface area contributed by atoms with Crippen LogP contribution in [0.1, 0.15) is 46.4 Å². The van der Waals surface area contributed by atoms with E-state index >= 15 is 0 Å². The van der Waals surface area contributed by atoms with Crippen LogP contribution >= 0.6 is 11.3 Å². The highest BCUT2D eigenvalue weighted by Crippen LogP contribution is 2.40. The van der Waals surface area contributed by atoms with Crippen molar-refractivity contribution in [2.24, 2.45) is 14.7 Å². The van der Waals surface area contributed by atoms with Crippen molar-refractivity contribution in [2.75, 3.05) is 12.4 Å². The summed E-state index contributed by atoms with van der Waals surface area (Å²) in [6, 6.07) is 3.33.